The van der Waals surface area contributed by atoms with Crippen molar-refractivity contribution in [3.05, 3.63) is 0 Å². The molecule has 0 atom stereocenters. The van der Waals surface area contributed by atoms with Gasteiger partial charge in [-0.25, -0.2) is 0 Å². The van der Waals surface area contributed by atoms with Crippen LogP contribution in [0.15, 0.2) is 0 Å². The van der Waals surface area contributed by atoms with E-state index in [9.17, 15) is 4.79 Å². The summed E-state index contributed by atoms with van der Waals surface area (Å²) in [4.78, 5) is 11.5. The largest absolute Gasteiger partial charge is 0.596 e. The van der Waals surface area contributed by atoms with Crippen LogP contribution < -0.4 is 0 Å². The summed E-state index contributed by atoms with van der Waals surface area (Å²) in [5.74, 6) is 0. The number of carbonyl (C=O) groups is 1. The lowest BCUT2D eigenvalue weighted by atomic mass is 10.2. The Balaban J connectivity index is 2.52. The Bertz CT molecular complexity index is 226. The van der Waals surface area contributed by atoms with E-state index >= 15 is 0 Å². The summed E-state index contributed by atoms with van der Waals surface area (Å²) in [6.45, 7) is 6.45. The molecule has 13 heavy (non-hydrogen) atoms. The summed E-state index contributed by atoms with van der Waals surface area (Å²) in [6, 6.07) is 0. The third kappa shape index (κ3) is 3.57. The van der Waals surface area contributed by atoms with Gasteiger partial charge < -0.3 is 4.74 Å². The van der Waals surface area contributed by atoms with Crippen molar-refractivity contribution in [2.24, 2.45) is 0 Å². The fraction of sp³-hybridized carbons (Fsp3) is 0.800. The van der Waals surface area contributed by atoms with E-state index in [1.807, 2.05) is 27.0 Å². The van der Waals surface area contributed by atoms with Gasteiger partial charge in [-0.05, 0) is 27.2 Å². The average molecular weight is 184 g/mol. The van der Waals surface area contributed by atoms with E-state index in [1.54, 1.807) is 4.58 Å². The van der Waals surface area contributed by atoms with Crippen LogP contribution >= 0.6 is 0 Å². The molecule has 0 unspecified atom stereocenters. The van der Waals surface area contributed by atoms with Gasteiger partial charge in [0, 0.05) is 12.8 Å². The Morgan fingerprint density at radius 1 is 1.38 bits per heavy atom. The molecule has 0 fully saturated rings. The first-order valence-electron chi connectivity index (χ1n) is 4.82. The molecular formula is C10H18NO2+. The van der Waals surface area contributed by atoms with Crippen molar-refractivity contribution in [1.29, 1.82) is 0 Å². The zero-order valence-corrected chi connectivity index (χ0v) is 8.67. The Hall–Kier alpha value is -0.860. The van der Waals surface area contributed by atoms with Crippen LogP contribution in [0.2, 0.25) is 0 Å². The standard InChI is InChI=1S/C10H18NO2/c1-10(2,3)13-9(12)11-7-5-4-6-8-11/h7H,4-6,8H2,1-3H3/q+1. The van der Waals surface area contributed by atoms with Crippen molar-refractivity contribution < 1.29 is 14.1 Å². The first-order valence-corrected chi connectivity index (χ1v) is 4.82. The van der Waals surface area contributed by atoms with Gasteiger partial charge in [-0.1, -0.05) is 0 Å². The fourth-order valence-electron chi connectivity index (χ4n) is 1.25. The highest BCUT2D eigenvalue weighted by atomic mass is 16.6. The maximum absolute atomic E-state index is 11.5. The van der Waals surface area contributed by atoms with E-state index < -0.39 is 0 Å². The molecule has 0 saturated carbocycles. The number of rotatable bonds is 0. The predicted molar refractivity (Wildman–Crippen MR) is 51.3 cm³/mol. The van der Waals surface area contributed by atoms with Crippen LogP contribution in [0.1, 0.15) is 40.0 Å². The molecule has 0 aromatic carbocycles. The van der Waals surface area contributed by atoms with E-state index in [-0.39, 0.29) is 11.7 Å². The number of hydrogen-bond donors (Lipinski definition) is 0. The molecule has 1 rings (SSSR count). The van der Waals surface area contributed by atoms with Crippen molar-refractivity contribution in [2.45, 2.75) is 45.6 Å². The summed E-state index contributed by atoms with van der Waals surface area (Å²) in [5, 5.41) is 0. The highest BCUT2D eigenvalue weighted by molar-refractivity contribution is 5.66. The SMILES string of the molecule is CC(C)(C)OC(=O)[N+]1=CCCCC1. The van der Waals surface area contributed by atoms with Gasteiger partial charge >= 0.3 is 6.09 Å². The molecule has 1 heterocycles. The smallest absolute Gasteiger partial charge is 0.406 e. The minimum absolute atomic E-state index is 0.216. The van der Waals surface area contributed by atoms with Gasteiger partial charge in [0.25, 0.3) is 0 Å². The molecule has 0 aromatic rings. The van der Waals surface area contributed by atoms with Crippen molar-refractivity contribution in [1.82, 2.24) is 0 Å². The average Bonchev–Trinajstić information content (AvgIpc) is 2.03. The van der Waals surface area contributed by atoms with Crippen molar-refractivity contribution >= 4 is 12.3 Å². The molecule has 0 aromatic heterocycles. The van der Waals surface area contributed by atoms with Gasteiger partial charge in [-0.2, -0.15) is 4.79 Å². The molecule has 3 heteroatoms. The summed E-state index contributed by atoms with van der Waals surface area (Å²) in [6.07, 6.45) is 4.96. The second-order valence-corrected chi connectivity index (χ2v) is 4.35. The third-order valence-electron chi connectivity index (χ3n) is 1.83. The van der Waals surface area contributed by atoms with Gasteiger partial charge in [0.15, 0.2) is 12.8 Å². The lowest BCUT2D eigenvalue weighted by Crippen LogP contribution is -2.33. The number of hydrogen-bond acceptors (Lipinski definition) is 2. The molecule has 1 aliphatic rings. The Morgan fingerprint density at radius 2 is 2.08 bits per heavy atom. The zero-order valence-electron chi connectivity index (χ0n) is 8.67. The molecule has 1 aliphatic heterocycles. The molecule has 0 bridgehead atoms. The minimum atomic E-state index is -0.387. The maximum atomic E-state index is 11.5. The van der Waals surface area contributed by atoms with Crippen LogP contribution in [0.4, 0.5) is 4.79 Å². The van der Waals surface area contributed by atoms with Crippen LogP contribution in [0, 0.1) is 0 Å². The maximum Gasteiger partial charge on any atom is 0.596 e. The Labute approximate surface area is 79.4 Å². The van der Waals surface area contributed by atoms with Crippen molar-refractivity contribution in [3.63, 3.8) is 0 Å². The highest BCUT2D eigenvalue weighted by Crippen LogP contribution is 2.09. The zero-order chi connectivity index (χ0) is 9.90. The van der Waals surface area contributed by atoms with Gasteiger partial charge in [0.1, 0.15) is 5.60 Å². The summed E-state index contributed by atoms with van der Waals surface area (Å²) in [5.41, 5.74) is -0.387. The van der Waals surface area contributed by atoms with E-state index in [1.165, 1.54) is 6.42 Å². The van der Waals surface area contributed by atoms with E-state index in [0.717, 1.165) is 19.4 Å². The fourth-order valence-corrected chi connectivity index (χ4v) is 1.25. The molecule has 74 valence electrons. The topological polar surface area (TPSA) is 29.3 Å². The van der Waals surface area contributed by atoms with Gasteiger partial charge in [-0.3, -0.25) is 0 Å². The van der Waals surface area contributed by atoms with Gasteiger partial charge in [0.05, 0.1) is 0 Å². The summed E-state index contributed by atoms with van der Waals surface area (Å²) >= 11 is 0. The quantitative estimate of drug-likeness (QED) is 0.540. The van der Waals surface area contributed by atoms with Crippen molar-refractivity contribution in [3.8, 4) is 0 Å². The summed E-state index contributed by atoms with van der Waals surface area (Å²) in [7, 11) is 0. The normalized spacial score (nSPS) is 17.9. The monoisotopic (exact) mass is 184 g/mol. The Kier molecular flexibility index (Phi) is 3.07. The highest BCUT2D eigenvalue weighted by Gasteiger charge is 2.26. The number of carbonyl (C=O) groups excluding carboxylic acids is 1. The predicted octanol–water partition coefficient (Wildman–Crippen LogP) is 2.19. The van der Waals surface area contributed by atoms with Crippen LogP contribution in [-0.4, -0.2) is 29.0 Å². The molecule has 0 aliphatic carbocycles. The number of nitrogens with zero attached hydrogens (tertiary/aromatic N) is 1. The first kappa shape index (κ1) is 10.2. The van der Waals surface area contributed by atoms with Gasteiger partial charge in [-0.15, -0.1) is 4.58 Å². The van der Waals surface area contributed by atoms with Crippen molar-refractivity contribution in [2.75, 3.05) is 6.54 Å². The van der Waals surface area contributed by atoms with Crippen LogP contribution in [0.25, 0.3) is 0 Å². The second kappa shape index (κ2) is 3.90. The van der Waals surface area contributed by atoms with E-state index in [0.29, 0.717) is 0 Å². The molecule has 0 spiro atoms. The van der Waals surface area contributed by atoms with Gasteiger partial charge in [0.2, 0.25) is 0 Å². The molecule has 0 saturated heterocycles. The molecule has 0 radical (unpaired) electrons. The lowest BCUT2D eigenvalue weighted by Gasteiger charge is -2.17. The molecular weight excluding hydrogens is 166 g/mol. The second-order valence-electron chi connectivity index (χ2n) is 4.35. The molecule has 1 amide bonds. The number of amides is 1. The number of ether oxygens (including phenoxy) is 1. The van der Waals surface area contributed by atoms with Crippen LogP contribution in [-0.2, 0) is 4.74 Å². The molecule has 3 nitrogen and oxygen atoms in total. The minimum Gasteiger partial charge on any atom is -0.406 e. The van der Waals surface area contributed by atoms with E-state index in [4.69, 9.17) is 4.74 Å². The molecule has 0 N–H and O–H groups in total. The van der Waals surface area contributed by atoms with Crippen LogP contribution in [0.5, 0.6) is 0 Å². The lowest BCUT2D eigenvalue weighted by molar-refractivity contribution is -0.451. The van der Waals surface area contributed by atoms with Crippen LogP contribution in [0.3, 0.4) is 0 Å². The first-order chi connectivity index (χ1) is 5.99. The summed E-state index contributed by atoms with van der Waals surface area (Å²) < 4.78 is 6.91. The Morgan fingerprint density at radius 3 is 2.54 bits per heavy atom. The third-order valence-corrected chi connectivity index (χ3v) is 1.83. The van der Waals surface area contributed by atoms with E-state index in [2.05, 4.69) is 0 Å².